The van der Waals surface area contributed by atoms with Crippen LogP contribution in [-0.2, 0) is 23.6 Å². The number of ether oxygens (including phenoxy) is 1. The molecule has 1 aliphatic heterocycles. The molecule has 13 nitrogen and oxygen atoms in total. The van der Waals surface area contributed by atoms with Crippen LogP contribution in [0.3, 0.4) is 0 Å². The molecule has 4 aromatic rings. The van der Waals surface area contributed by atoms with E-state index in [0.717, 1.165) is 22.8 Å². The number of nitrogens with one attached hydrogen (secondary N) is 4. The van der Waals surface area contributed by atoms with Crippen molar-refractivity contribution in [1.82, 2.24) is 29.5 Å². The Hall–Kier alpha value is -4.59. The topological polar surface area (TPSA) is 136 Å². The maximum atomic E-state index is 14.3. The van der Waals surface area contributed by atoms with Gasteiger partial charge < -0.3 is 26.0 Å². The third-order valence-electron chi connectivity index (χ3n) is 8.00. The minimum absolute atomic E-state index is 0.0894. The van der Waals surface area contributed by atoms with Crippen LogP contribution in [0.1, 0.15) is 17.8 Å². The first kappa shape index (κ1) is 31.4. The molecule has 4 N–H and O–H groups in total. The number of amides is 1. The van der Waals surface area contributed by atoms with Crippen LogP contribution in [0.5, 0.6) is 0 Å². The summed E-state index contributed by atoms with van der Waals surface area (Å²) in [6.45, 7) is 4.70. The molecule has 1 aliphatic carbocycles. The van der Waals surface area contributed by atoms with Gasteiger partial charge in [0.25, 0.3) is 0 Å². The van der Waals surface area contributed by atoms with E-state index >= 15 is 0 Å². The summed E-state index contributed by atoms with van der Waals surface area (Å²) in [5.41, 5.74) is 3.51. The van der Waals surface area contributed by atoms with Gasteiger partial charge in [0.2, 0.25) is 0 Å². The molecule has 2 aliphatic rings. The molecule has 0 saturated heterocycles. The third-order valence-corrected chi connectivity index (χ3v) is 8.60. The molecule has 0 spiro atoms. The standard InChI is InChI=1S/C31H36Cl2N11O2/c1-18-24(16-42(3)40-18)36-27-12-22(20(32)14-34-27)38-31(9-7-8-26-29(31)30(45)44(5,6)10-11-46-26)39-23-13-28(35-15-21(23)33)37-25-17-43(4)41-19(25)2/h7-8,12-17H,9-11H2,1-6H3,(H2,34,36,38)(H2,35,37,39)/q+1. The van der Waals surface area contributed by atoms with Crippen LogP contribution < -0.4 is 21.3 Å². The van der Waals surface area contributed by atoms with Crippen LogP contribution in [-0.4, -0.2) is 72.8 Å². The van der Waals surface area contributed by atoms with Gasteiger partial charge in [-0.1, -0.05) is 29.3 Å². The Morgan fingerprint density at radius 1 is 0.870 bits per heavy atom. The monoisotopic (exact) mass is 664 g/mol. The molecule has 4 aromatic heterocycles. The molecule has 0 radical (unpaired) electrons. The highest BCUT2D eigenvalue weighted by molar-refractivity contribution is 6.33. The fourth-order valence-corrected chi connectivity index (χ4v) is 5.88. The maximum Gasteiger partial charge on any atom is 0.349 e. The molecule has 0 fully saturated rings. The summed E-state index contributed by atoms with van der Waals surface area (Å²) in [6, 6.07) is 3.59. The van der Waals surface area contributed by atoms with E-state index in [-0.39, 0.29) is 10.4 Å². The van der Waals surface area contributed by atoms with Gasteiger partial charge in [-0.3, -0.25) is 13.8 Å². The highest BCUT2D eigenvalue weighted by atomic mass is 35.5. The van der Waals surface area contributed by atoms with Crippen molar-refractivity contribution < 1.29 is 14.0 Å². The van der Waals surface area contributed by atoms with Gasteiger partial charge in [-0.25, -0.2) is 14.8 Å². The van der Waals surface area contributed by atoms with E-state index in [2.05, 4.69) is 41.4 Å². The van der Waals surface area contributed by atoms with Gasteiger partial charge in [0.05, 0.1) is 70.7 Å². The van der Waals surface area contributed by atoms with Crippen molar-refractivity contribution in [1.29, 1.82) is 0 Å². The normalized spacial score (nSPS) is 16.8. The molecule has 15 heteroatoms. The van der Waals surface area contributed by atoms with E-state index in [0.29, 0.717) is 64.0 Å². The van der Waals surface area contributed by atoms with Gasteiger partial charge in [0, 0.05) is 45.0 Å². The van der Waals surface area contributed by atoms with Crippen molar-refractivity contribution in [3.05, 3.63) is 81.8 Å². The Morgan fingerprint density at radius 2 is 1.39 bits per heavy atom. The highest BCUT2D eigenvalue weighted by Crippen LogP contribution is 2.41. The zero-order valence-electron chi connectivity index (χ0n) is 26.4. The number of hydrogen-bond donors (Lipinski definition) is 4. The maximum absolute atomic E-state index is 14.3. The molecular formula is C31H36Cl2N11O2+. The molecule has 0 unspecified atom stereocenters. The number of rotatable bonds is 8. The number of halogens is 2. The summed E-state index contributed by atoms with van der Waals surface area (Å²) < 4.78 is 9.72. The highest BCUT2D eigenvalue weighted by Gasteiger charge is 2.49. The molecule has 0 bridgehead atoms. The van der Waals surface area contributed by atoms with Gasteiger partial charge in [0.1, 0.15) is 36.1 Å². The van der Waals surface area contributed by atoms with E-state index in [4.69, 9.17) is 27.9 Å². The largest absolute Gasteiger partial charge is 0.487 e. The van der Waals surface area contributed by atoms with E-state index in [1.807, 2.05) is 66.6 Å². The van der Waals surface area contributed by atoms with Crippen LogP contribution in [0.15, 0.2) is 60.4 Å². The molecule has 0 atom stereocenters. The van der Waals surface area contributed by atoms with Crippen LogP contribution in [0.4, 0.5) is 34.4 Å². The fraction of sp³-hybridized carbons (Fsp3) is 0.323. The summed E-state index contributed by atoms with van der Waals surface area (Å²) in [5, 5.41) is 23.3. The van der Waals surface area contributed by atoms with Crippen LogP contribution >= 0.6 is 23.2 Å². The number of allylic oxidation sites excluding steroid dienone is 1. The Bertz CT molecular complexity index is 1790. The number of pyridine rings is 2. The number of quaternary nitrogens is 1. The Morgan fingerprint density at radius 3 is 1.87 bits per heavy atom. The number of hydrogen-bond acceptors (Lipinski definition) is 10. The lowest BCUT2D eigenvalue weighted by Gasteiger charge is -2.41. The summed E-state index contributed by atoms with van der Waals surface area (Å²) >= 11 is 13.6. The predicted molar refractivity (Wildman–Crippen MR) is 180 cm³/mol. The van der Waals surface area contributed by atoms with Gasteiger partial charge in [0.15, 0.2) is 5.66 Å². The van der Waals surface area contributed by atoms with E-state index in [9.17, 15) is 4.79 Å². The van der Waals surface area contributed by atoms with E-state index < -0.39 is 5.66 Å². The average molecular weight is 666 g/mol. The molecular weight excluding hydrogens is 629 g/mol. The second-order valence-electron chi connectivity index (χ2n) is 12.0. The number of aromatic nitrogens is 6. The smallest absolute Gasteiger partial charge is 0.349 e. The fourth-order valence-electron chi connectivity index (χ4n) is 5.58. The number of nitrogens with zero attached hydrogens (tertiary/aromatic N) is 7. The first-order valence-electron chi connectivity index (χ1n) is 14.7. The number of carbonyl (C=O) groups is 1. The lowest BCUT2D eigenvalue weighted by Crippen LogP contribution is -2.57. The number of aryl methyl sites for hydroxylation is 4. The van der Waals surface area contributed by atoms with Gasteiger partial charge in [-0.15, -0.1) is 0 Å². The second-order valence-corrected chi connectivity index (χ2v) is 12.8. The lowest BCUT2D eigenvalue weighted by molar-refractivity contribution is -0.811. The number of carbonyl (C=O) groups excluding carboxylic acids is 1. The Labute approximate surface area is 276 Å². The van der Waals surface area contributed by atoms with Crippen LogP contribution in [0.2, 0.25) is 10.0 Å². The Kier molecular flexibility index (Phi) is 8.17. The summed E-state index contributed by atoms with van der Waals surface area (Å²) in [5.74, 6) is 1.45. The number of anilines is 6. The SMILES string of the molecule is Cc1nn(C)cc1Nc1cc(NC2(Nc3cc(Nc4cn(C)nc4C)ncc3Cl)CC=CC3=C2C(=O)[N+](C)(C)CCO3)c(Cl)cn1. The first-order chi connectivity index (χ1) is 21.8. The van der Waals surface area contributed by atoms with Crippen molar-refractivity contribution in [2.45, 2.75) is 25.9 Å². The number of likely N-dealkylation sites (N-methyl/N-ethyl adjacent to an activating group) is 1. The van der Waals surface area contributed by atoms with Crippen molar-refractivity contribution in [3.63, 3.8) is 0 Å². The van der Waals surface area contributed by atoms with Crippen molar-refractivity contribution in [2.24, 2.45) is 14.1 Å². The van der Waals surface area contributed by atoms with Crippen LogP contribution in [0.25, 0.3) is 0 Å². The minimum Gasteiger partial charge on any atom is -0.487 e. The molecule has 46 heavy (non-hydrogen) atoms. The van der Waals surface area contributed by atoms with Gasteiger partial charge in [-0.05, 0) is 19.9 Å². The summed E-state index contributed by atoms with van der Waals surface area (Å²) in [6.07, 6.45) is 11.0. The average Bonchev–Trinajstić information content (AvgIpc) is 3.44. The van der Waals surface area contributed by atoms with Gasteiger partial charge >= 0.3 is 5.91 Å². The summed E-state index contributed by atoms with van der Waals surface area (Å²) in [7, 11) is 7.46. The van der Waals surface area contributed by atoms with Crippen molar-refractivity contribution in [3.8, 4) is 0 Å². The zero-order chi connectivity index (χ0) is 32.8. The molecule has 6 rings (SSSR count). The second kappa shape index (κ2) is 12.0. The van der Waals surface area contributed by atoms with Crippen molar-refractivity contribution in [2.75, 3.05) is 48.5 Å². The van der Waals surface area contributed by atoms with E-state index in [1.165, 1.54) is 0 Å². The van der Waals surface area contributed by atoms with Crippen molar-refractivity contribution >= 4 is 63.5 Å². The van der Waals surface area contributed by atoms with Gasteiger partial charge in [-0.2, -0.15) is 10.2 Å². The molecule has 5 heterocycles. The molecule has 0 saturated carbocycles. The lowest BCUT2D eigenvalue weighted by atomic mass is 9.87. The minimum atomic E-state index is -1.24. The molecule has 240 valence electrons. The summed E-state index contributed by atoms with van der Waals surface area (Å²) in [4.78, 5) is 23.3. The third kappa shape index (κ3) is 6.13. The van der Waals surface area contributed by atoms with E-state index in [1.54, 1.807) is 33.9 Å². The molecule has 0 aromatic carbocycles. The van der Waals surface area contributed by atoms with Crippen LogP contribution in [0, 0.1) is 13.8 Å². The zero-order valence-corrected chi connectivity index (χ0v) is 28.0. The Balaban J connectivity index is 1.44. The quantitative estimate of drug-likeness (QED) is 0.143. The molecule has 1 amide bonds. The predicted octanol–water partition coefficient (Wildman–Crippen LogP) is 5.42. The first-order valence-corrected chi connectivity index (χ1v) is 15.4.